The summed E-state index contributed by atoms with van der Waals surface area (Å²) in [6, 6.07) is 9.47. The van der Waals surface area contributed by atoms with Crippen molar-refractivity contribution in [2.45, 2.75) is 0 Å². The van der Waals surface area contributed by atoms with Gasteiger partial charge in [-0.1, -0.05) is 12.1 Å². The van der Waals surface area contributed by atoms with Gasteiger partial charge in [0, 0.05) is 11.6 Å². The van der Waals surface area contributed by atoms with Crippen LogP contribution in [0.4, 0.5) is 5.82 Å². The van der Waals surface area contributed by atoms with E-state index in [4.69, 9.17) is 10.5 Å². The lowest BCUT2D eigenvalue weighted by atomic mass is 10.1. The Morgan fingerprint density at radius 2 is 2.11 bits per heavy atom. The Hall–Kier alpha value is -2.08. The summed E-state index contributed by atoms with van der Waals surface area (Å²) in [6.45, 7) is 0. The maximum absolute atomic E-state index is 6.00. The third kappa shape index (κ3) is 1.94. The summed E-state index contributed by atoms with van der Waals surface area (Å²) in [5.74, 6) is 1.28. The molecule has 2 aromatic heterocycles. The van der Waals surface area contributed by atoms with Crippen molar-refractivity contribution in [3.8, 4) is 17.0 Å². The first-order valence-corrected chi connectivity index (χ1v) is 6.43. The second kappa shape index (κ2) is 4.55. The Morgan fingerprint density at radius 3 is 2.89 bits per heavy atom. The fourth-order valence-electron chi connectivity index (χ4n) is 1.95. The standard InChI is InChI=1S/C13H11BrN4O/c1-19-11-5-3-2-4-8(11)10-6-12(15)18-13(17-10)9(14)7-16-18/h2-7H,15H2,1H3. The zero-order valence-electron chi connectivity index (χ0n) is 10.2. The smallest absolute Gasteiger partial charge is 0.172 e. The first-order chi connectivity index (χ1) is 9.20. The van der Waals surface area contributed by atoms with E-state index in [1.54, 1.807) is 23.9 Å². The number of anilines is 1. The number of methoxy groups -OCH3 is 1. The number of benzene rings is 1. The van der Waals surface area contributed by atoms with Crippen molar-refractivity contribution in [2.75, 3.05) is 12.8 Å². The molecule has 19 heavy (non-hydrogen) atoms. The van der Waals surface area contributed by atoms with Gasteiger partial charge in [-0.3, -0.25) is 0 Å². The lowest BCUT2D eigenvalue weighted by Gasteiger charge is -2.09. The number of para-hydroxylation sites is 1. The van der Waals surface area contributed by atoms with Crippen LogP contribution in [0, 0.1) is 0 Å². The van der Waals surface area contributed by atoms with Crippen LogP contribution in [-0.4, -0.2) is 21.7 Å². The molecule has 0 saturated carbocycles. The van der Waals surface area contributed by atoms with E-state index in [1.807, 2.05) is 24.3 Å². The van der Waals surface area contributed by atoms with Crippen LogP contribution < -0.4 is 10.5 Å². The fraction of sp³-hybridized carbons (Fsp3) is 0.0769. The molecule has 0 radical (unpaired) electrons. The van der Waals surface area contributed by atoms with Gasteiger partial charge in [0.15, 0.2) is 5.65 Å². The zero-order chi connectivity index (χ0) is 13.4. The van der Waals surface area contributed by atoms with Gasteiger partial charge in [-0.2, -0.15) is 9.61 Å². The van der Waals surface area contributed by atoms with Gasteiger partial charge < -0.3 is 10.5 Å². The summed E-state index contributed by atoms with van der Waals surface area (Å²) in [5, 5.41) is 4.15. The Kier molecular flexibility index (Phi) is 2.87. The number of nitrogen functional groups attached to an aromatic ring is 1. The van der Waals surface area contributed by atoms with E-state index in [2.05, 4.69) is 26.0 Å². The molecule has 5 nitrogen and oxygen atoms in total. The number of hydrogen-bond acceptors (Lipinski definition) is 4. The van der Waals surface area contributed by atoms with Crippen LogP contribution in [0.2, 0.25) is 0 Å². The summed E-state index contributed by atoms with van der Waals surface area (Å²) < 4.78 is 7.74. The molecule has 0 aliphatic heterocycles. The molecule has 0 unspecified atom stereocenters. The summed E-state index contributed by atoms with van der Waals surface area (Å²) in [4.78, 5) is 4.57. The molecule has 3 rings (SSSR count). The molecule has 6 heteroatoms. The van der Waals surface area contributed by atoms with Crippen LogP contribution in [0.1, 0.15) is 0 Å². The number of halogens is 1. The summed E-state index contributed by atoms with van der Waals surface area (Å²) in [5.41, 5.74) is 8.33. The third-order valence-electron chi connectivity index (χ3n) is 2.84. The highest BCUT2D eigenvalue weighted by molar-refractivity contribution is 9.10. The SMILES string of the molecule is COc1ccccc1-c1cc(N)n2ncc(Br)c2n1. The van der Waals surface area contributed by atoms with Crippen LogP contribution >= 0.6 is 15.9 Å². The molecule has 3 aromatic rings. The fourth-order valence-corrected chi connectivity index (χ4v) is 2.30. The van der Waals surface area contributed by atoms with Gasteiger partial charge in [0.1, 0.15) is 11.6 Å². The van der Waals surface area contributed by atoms with Crippen LogP contribution in [0.3, 0.4) is 0 Å². The first kappa shape index (κ1) is 12.0. The maximum atomic E-state index is 6.00. The molecule has 0 fully saturated rings. The molecule has 1 aromatic carbocycles. The van der Waals surface area contributed by atoms with Crippen molar-refractivity contribution in [1.29, 1.82) is 0 Å². The lowest BCUT2D eigenvalue weighted by Crippen LogP contribution is -2.01. The molecular weight excluding hydrogens is 308 g/mol. The van der Waals surface area contributed by atoms with E-state index >= 15 is 0 Å². The van der Waals surface area contributed by atoms with Crippen molar-refractivity contribution >= 4 is 27.4 Å². The lowest BCUT2D eigenvalue weighted by molar-refractivity contribution is 0.416. The number of nitrogens with zero attached hydrogens (tertiary/aromatic N) is 3. The Balaban J connectivity index is 2.28. The average molecular weight is 319 g/mol. The van der Waals surface area contributed by atoms with Crippen LogP contribution in [-0.2, 0) is 0 Å². The molecule has 2 heterocycles. The number of rotatable bonds is 2. The molecule has 0 aliphatic rings. The van der Waals surface area contributed by atoms with Gasteiger partial charge in [0.05, 0.1) is 23.5 Å². The topological polar surface area (TPSA) is 65.4 Å². The molecule has 0 atom stereocenters. The van der Waals surface area contributed by atoms with Crippen molar-refractivity contribution in [3.63, 3.8) is 0 Å². The number of hydrogen-bond donors (Lipinski definition) is 1. The second-order valence-corrected chi connectivity index (χ2v) is 4.85. The molecule has 0 saturated heterocycles. The van der Waals surface area contributed by atoms with E-state index in [0.29, 0.717) is 11.5 Å². The minimum atomic E-state index is 0.525. The number of nitrogens with two attached hydrogens (primary N) is 1. The number of aromatic nitrogens is 3. The monoisotopic (exact) mass is 318 g/mol. The maximum Gasteiger partial charge on any atom is 0.172 e. The van der Waals surface area contributed by atoms with Gasteiger partial charge in [-0.25, -0.2) is 4.98 Å². The van der Waals surface area contributed by atoms with Gasteiger partial charge in [0.2, 0.25) is 0 Å². The Labute approximate surface area is 118 Å². The largest absolute Gasteiger partial charge is 0.496 e. The number of fused-ring (bicyclic) bond motifs is 1. The summed E-state index contributed by atoms with van der Waals surface area (Å²) in [7, 11) is 1.63. The normalized spacial score (nSPS) is 10.8. The number of ether oxygens (including phenoxy) is 1. The molecule has 0 bridgehead atoms. The van der Waals surface area contributed by atoms with E-state index in [9.17, 15) is 0 Å². The van der Waals surface area contributed by atoms with E-state index in [0.717, 1.165) is 21.5 Å². The molecule has 0 aliphatic carbocycles. The van der Waals surface area contributed by atoms with Crippen molar-refractivity contribution < 1.29 is 4.74 Å². The highest BCUT2D eigenvalue weighted by atomic mass is 79.9. The quantitative estimate of drug-likeness (QED) is 0.789. The minimum Gasteiger partial charge on any atom is -0.496 e. The first-order valence-electron chi connectivity index (χ1n) is 5.64. The average Bonchev–Trinajstić information content (AvgIpc) is 2.81. The van der Waals surface area contributed by atoms with Crippen molar-refractivity contribution in [2.24, 2.45) is 0 Å². The van der Waals surface area contributed by atoms with Gasteiger partial charge in [-0.15, -0.1) is 0 Å². The molecule has 2 N–H and O–H groups in total. The van der Waals surface area contributed by atoms with E-state index in [1.165, 1.54) is 0 Å². The summed E-state index contributed by atoms with van der Waals surface area (Å²) >= 11 is 3.41. The van der Waals surface area contributed by atoms with Gasteiger partial charge in [-0.05, 0) is 28.1 Å². The second-order valence-electron chi connectivity index (χ2n) is 3.99. The van der Waals surface area contributed by atoms with Crippen LogP contribution in [0.15, 0.2) is 41.0 Å². The highest BCUT2D eigenvalue weighted by Gasteiger charge is 2.12. The van der Waals surface area contributed by atoms with Crippen LogP contribution in [0.5, 0.6) is 5.75 Å². The van der Waals surface area contributed by atoms with Gasteiger partial charge in [0.25, 0.3) is 0 Å². The van der Waals surface area contributed by atoms with Crippen LogP contribution in [0.25, 0.3) is 16.9 Å². The van der Waals surface area contributed by atoms with E-state index < -0.39 is 0 Å². The Morgan fingerprint density at radius 1 is 1.32 bits per heavy atom. The Bertz CT molecular complexity index is 753. The molecule has 96 valence electrons. The predicted molar refractivity (Wildman–Crippen MR) is 77.1 cm³/mol. The highest BCUT2D eigenvalue weighted by Crippen LogP contribution is 2.30. The molecule has 0 spiro atoms. The predicted octanol–water partition coefficient (Wildman–Crippen LogP) is 2.75. The van der Waals surface area contributed by atoms with Gasteiger partial charge >= 0.3 is 0 Å². The van der Waals surface area contributed by atoms with Crippen molar-refractivity contribution in [1.82, 2.24) is 14.6 Å². The summed E-state index contributed by atoms with van der Waals surface area (Å²) in [6.07, 6.45) is 1.67. The minimum absolute atomic E-state index is 0.525. The van der Waals surface area contributed by atoms with E-state index in [-0.39, 0.29) is 0 Å². The molecular formula is C13H11BrN4O. The third-order valence-corrected chi connectivity index (χ3v) is 3.40. The molecule has 0 amide bonds. The van der Waals surface area contributed by atoms with Crippen molar-refractivity contribution in [3.05, 3.63) is 41.0 Å². The zero-order valence-corrected chi connectivity index (χ0v) is 11.8.